The molecule has 0 saturated carbocycles. The molecule has 0 atom stereocenters. The van der Waals surface area contributed by atoms with Crippen LogP contribution in [0.1, 0.15) is 39.0 Å². The molecule has 1 amide bonds. The molecule has 2 heterocycles. The standard InChI is InChI=1S/C31H29ClN4O3/c32-27-5-2-21(3-6-27)19-36-20-26(17-33-36)31(38)34-28-7-8-30(37)29(16-28)25-14-23-4-1-22(13-24(23)15-25)18-35-9-11-39-12-10-35/h1-7,13,15-17,20H,8-12,14,18-19H2,(H,34,38). The van der Waals surface area contributed by atoms with E-state index in [1.165, 1.54) is 11.1 Å². The van der Waals surface area contributed by atoms with Crippen molar-refractivity contribution in [3.8, 4) is 0 Å². The second-order valence-electron chi connectivity index (χ2n) is 10.1. The Morgan fingerprint density at radius 2 is 1.82 bits per heavy atom. The Labute approximate surface area is 232 Å². The topological polar surface area (TPSA) is 76.5 Å². The van der Waals surface area contributed by atoms with Crippen LogP contribution in [0.5, 0.6) is 0 Å². The number of morpholine rings is 1. The Kier molecular flexibility index (Phi) is 7.28. The maximum absolute atomic E-state index is 12.9. The van der Waals surface area contributed by atoms with Gasteiger partial charge in [0.25, 0.3) is 5.91 Å². The number of benzene rings is 2. The fourth-order valence-electron chi connectivity index (χ4n) is 5.19. The van der Waals surface area contributed by atoms with Gasteiger partial charge in [-0.3, -0.25) is 19.2 Å². The van der Waals surface area contributed by atoms with Gasteiger partial charge in [-0.05, 0) is 52.5 Å². The first-order chi connectivity index (χ1) is 19.0. The molecule has 1 fully saturated rings. The zero-order chi connectivity index (χ0) is 26.8. The van der Waals surface area contributed by atoms with Crippen molar-refractivity contribution < 1.29 is 14.3 Å². The summed E-state index contributed by atoms with van der Waals surface area (Å²) < 4.78 is 7.17. The lowest BCUT2D eigenvalue weighted by Gasteiger charge is -2.26. The predicted octanol–water partition coefficient (Wildman–Crippen LogP) is 4.57. The number of allylic oxidation sites excluding steroid dienone is 4. The third-order valence-electron chi connectivity index (χ3n) is 7.30. The number of amides is 1. The Bertz CT molecular complexity index is 1510. The number of fused-ring (bicyclic) bond motifs is 1. The minimum absolute atomic E-state index is 0.0661. The number of ketones is 1. The van der Waals surface area contributed by atoms with Crippen molar-refractivity contribution in [2.24, 2.45) is 0 Å². The molecular formula is C31H29ClN4O3. The average Bonchev–Trinajstić information content (AvgIpc) is 3.59. The van der Waals surface area contributed by atoms with E-state index in [0.717, 1.165) is 49.5 Å². The molecule has 3 aromatic rings. The second-order valence-corrected chi connectivity index (χ2v) is 10.6. The normalized spacial score (nSPS) is 17.4. The van der Waals surface area contributed by atoms with Crippen LogP contribution in [-0.2, 0) is 29.0 Å². The molecule has 0 spiro atoms. The van der Waals surface area contributed by atoms with Crippen LogP contribution in [0, 0.1) is 0 Å². The molecule has 0 unspecified atom stereocenters. The molecule has 6 rings (SSSR count). The first-order valence-electron chi connectivity index (χ1n) is 13.2. The number of halogens is 1. The van der Waals surface area contributed by atoms with Gasteiger partial charge in [0, 0.05) is 48.5 Å². The van der Waals surface area contributed by atoms with Gasteiger partial charge in [-0.15, -0.1) is 0 Å². The van der Waals surface area contributed by atoms with Crippen LogP contribution < -0.4 is 5.32 Å². The minimum atomic E-state index is -0.259. The van der Waals surface area contributed by atoms with Crippen molar-refractivity contribution in [2.45, 2.75) is 25.9 Å². The van der Waals surface area contributed by atoms with Crippen LogP contribution in [0.25, 0.3) is 6.08 Å². The van der Waals surface area contributed by atoms with Crippen LogP contribution in [0.4, 0.5) is 0 Å². The summed E-state index contributed by atoms with van der Waals surface area (Å²) in [6.45, 7) is 4.89. The molecule has 0 radical (unpaired) electrons. The van der Waals surface area contributed by atoms with E-state index in [1.807, 2.05) is 24.3 Å². The van der Waals surface area contributed by atoms with Gasteiger partial charge in [0.05, 0.1) is 31.5 Å². The summed E-state index contributed by atoms with van der Waals surface area (Å²) in [6.07, 6.45) is 9.92. The lowest BCUT2D eigenvalue weighted by atomic mass is 9.93. The van der Waals surface area contributed by atoms with Gasteiger partial charge in [-0.1, -0.05) is 54.1 Å². The zero-order valence-corrected chi connectivity index (χ0v) is 22.3. The summed E-state index contributed by atoms with van der Waals surface area (Å²) in [4.78, 5) is 28.2. The van der Waals surface area contributed by atoms with E-state index in [9.17, 15) is 9.59 Å². The van der Waals surface area contributed by atoms with Gasteiger partial charge >= 0.3 is 0 Å². The Morgan fingerprint density at radius 3 is 2.64 bits per heavy atom. The third-order valence-corrected chi connectivity index (χ3v) is 7.55. The van der Waals surface area contributed by atoms with Gasteiger partial charge in [-0.25, -0.2) is 0 Å². The summed E-state index contributed by atoms with van der Waals surface area (Å²) in [6, 6.07) is 14.1. The summed E-state index contributed by atoms with van der Waals surface area (Å²) >= 11 is 5.96. The maximum atomic E-state index is 12.9. The first-order valence-corrected chi connectivity index (χ1v) is 13.5. The smallest absolute Gasteiger partial charge is 0.258 e. The Hall–Kier alpha value is -3.78. The third kappa shape index (κ3) is 5.96. The highest BCUT2D eigenvalue weighted by atomic mass is 35.5. The molecule has 1 saturated heterocycles. The molecule has 1 aliphatic heterocycles. The molecular weight excluding hydrogens is 512 g/mol. The van der Waals surface area contributed by atoms with E-state index in [2.05, 4.69) is 39.6 Å². The van der Waals surface area contributed by atoms with Crippen LogP contribution in [0.2, 0.25) is 5.02 Å². The summed E-state index contributed by atoms with van der Waals surface area (Å²) in [5.41, 5.74) is 7.43. The molecule has 0 bridgehead atoms. The number of rotatable bonds is 7. The number of hydrogen-bond donors (Lipinski definition) is 1. The second kappa shape index (κ2) is 11.1. The van der Waals surface area contributed by atoms with Gasteiger partial charge in [-0.2, -0.15) is 5.10 Å². The fraction of sp³-hybridized carbons (Fsp3) is 0.258. The van der Waals surface area contributed by atoms with Crippen molar-refractivity contribution >= 4 is 29.4 Å². The van der Waals surface area contributed by atoms with E-state index in [-0.39, 0.29) is 18.1 Å². The highest BCUT2D eigenvalue weighted by Crippen LogP contribution is 2.33. The van der Waals surface area contributed by atoms with Gasteiger partial charge in [0.1, 0.15) is 0 Å². The molecule has 1 N–H and O–H groups in total. The van der Waals surface area contributed by atoms with Crippen molar-refractivity contribution in [3.05, 3.63) is 117 Å². The molecule has 39 heavy (non-hydrogen) atoms. The van der Waals surface area contributed by atoms with Crippen LogP contribution >= 0.6 is 11.6 Å². The molecule has 3 aliphatic rings. The largest absolute Gasteiger partial charge is 0.379 e. The van der Waals surface area contributed by atoms with Gasteiger partial charge in [0.15, 0.2) is 5.78 Å². The molecule has 7 nitrogen and oxygen atoms in total. The van der Waals surface area contributed by atoms with Crippen LogP contribution in [-0.4, -0.2) is 52.7 Å². The first kappa shape index (κ1) is 25.5. The van der Waals surface area contributed by atoms with E-state index < -0.39 is 0 Å². The van der Waals surface area contributed by atoms with Gasteiger partial charge < -0.3 is 10.1 Å². The zero-order valence-electron chi connectivity index (χ0n) is 21.5. The van der Waals surface area contributed by atoms with Crippen molar-refractivity contribution in [3.63, 3.8) is 0 Å². The Balaban J connectivity index is 1.12. The van der Waals surface area contributed by atoms with Crippen molar-refractivity contribution in [1.29, 1.82) is 0 Å². The maximum Gasteiger partial charge on any atom is 0.258 e. The monoisotopic (exact) mass is 540 g/mol. The number of carbonyl (C=O) groups excluding carboxylic acids is 2. The molecule has 2 aliphatic carbocycles. The fourth-order valence-corrected chi connectivity index (χ4v) is 5.31. The highest BCUT2D eigenvalue weighted by molar-refractivity contribution is 6.30. The van der Waals surface area contributed by atoms with Crippen LogP contribution in [0.3, 0.4) is 0 Å². The van der Waals surface area contributed by atoms with E-state index >= 15 is 0 Å². The quantitative estimate of drug-likeness (QED) is 0.475. The van der Waals surface area contributed by atoms with E-state index in [0.29, 0.717) is 34.8 Å². The lowest BCUT2D eigenvalue weighted by Crippen LogP contribution is -2.35. The number of nitrogens with zero attached hydrogens (tertiary/aromatic N) is 3. The summed E-state index contributed by atoms with van der Waals surface area (Å²) in [5.74, 6) is -0.193. The lowest BCUT2D eigenvalue weighted by molar-refractivity contribution is -0.114. The number of aromatic nitrogens is 2. The molecule has 2 aromatic carbocycles. The number of ether oxygens (including phenoxy) is 1. The molecule has 8 heteroatoms. The number of hydrogen-bond acceptors (Lipinski definition) is 5. The van der Waals surface area contributed by atoms with E-state index in [4.69, 9.17) is 16.3 Å². The predicted molar refractivity (Wildman–Crippen MR) is 150 cm³/mol. The summed E-state index contributed by atoms with van der Waals surface area (Å²) in [7, 11) is 0. The average molecular weight is 541 g/mol. The minimum Gasteiger partial charge on any atom is -0.379 e. The molecule has 1 aromatic heterocycles. The number of nitrogens with one attached hydrogen (secondary N) is 1. The van der Waals surface area contributed by atoms with Gasteiger partial charge in [0.2, 0.25) is 0 Å². The number of carbonyl (C=O) groups is 2. The van der Waals surface area contributed by atoms with E-state index in [1.54, 1.807) is 29.2 Å². The van der Waals surface area contributed by atoms with Crippen LogP contribution in [0.15, 0.2) is 83.9 Å². The van der Waals surface area contributed by atoms with Crippen molar-refractivity contribution in [1.82, 2.24) is 20.0 Å². The summed E-state index contributed by atoms with van der Waals surface area (Å²) in [5, 5.41) is 7.95. The number of Topliss-reactive ketones (excluding diaryl/α,β-unsaturated/α-hetero) is 1. The molecule has 198 valence electrons. The highest BCUT2D eigenvalue weighted by Gasteiger charge is 2.24. The SMILES string of the molecule is O=C1CC=C(NC(=O)c2cnn(Cc3ccc(Cl)cc3)c2)C=C1C1=Cc2cc(CN3CCOCC3)ccc2C1. The Morgan fingerprint density at radius 1 is 1.03 bits per heavy atom. The van der Waals surface area contributed by atoms with Crippen molar-refractivity contribution in [2.75, 3.05) is 26.3 Å².